The smallest absolute Gasteiger partial charge is 0.246 e. The minimum Gasteiger partial charge on any atom is -0.342 e. The van der Waals surface area contributed by atoms with Gasteiger partial charge in [0.2, 0.25) is 17.7 Å². The summed E-state index contributed by atoms with van der Waals surface area (Å²) in [5.74, 6) is -0.946. The molecular formula is C27H54N4O4. The van der Waals surface area contributed by atoms with Gasteiger partial charge in [0.25, 0.3) is 0 Å². The topological polar surface area (TPSA) is 113 Å². The van der Waals surface area contributed by atoms with Crippen molar-refractivity contribution in [2.75, 3.05) is 13.1 Å². The van der Waals surface area contributed by atoms with E-state index in [0.29, 0.717) is 25.9 Å². The van der Waals surface area contributed by atoms with Crippen LogP contribution in [0.25, 0.3) is 0 Å². The lowest BCUT2D eigenvalue weighted by Gasteiger charge is -2.32. The fourth-order valence-corrected chi connectivity index (χ4v) is 4.17. The number of amides is 3. The third-order valence-corrected chi connectivity index (χ3v) is 6.08. The van der Waals surface area contributed by atoms with E-state index in [2.05, 4.69) is 5.32 Å². The zero-order valence-corrected chi connectivity index (χ0v) is 24.3. The molecule has 2 aliphatic heterocycles. The summed E-state index contributed by atoms with van der Waals surface area (Å²) in [5.41, 5.74) is 6.01. The van der Waals surface area contributed by atoms with E-state index < -0.39 is 24.2 Å². The highest BCUT2D eigenvalue weighted by Crippen LogP contribution is 2.23. The number of ketones is 1. The Morgan fingerprint density at radius 1 is 0.743 bits per heavy atom. The molecule has 2 heterocycles. The van der Waals surface area contributed by atoms with Crippen LogP contribution in [-0.2, 0) is 19.2 Å². The fraction of sp³-hybridized carbons (Fsp3) is 0.852. The van der Waals surface area contributed by atoms with E-state index >= 15 is 0 Å². The van der Waals surface area contributed by atoms with Crippen LogP contribution in [0.15, 0.2) is 0 Å². The average Bonchev–Trinajstić information content (AvgIpc) is 3.55. The number of rotatable bonds is 7. The standard InChI is InChI=1S/C21H36N4O4.3C2H6/c1-12(2)17(22)20(28)25-11-7-9-16(25)19(27)23-18(13(3)4)21(29)24-10-6-8-15(24)14(5)26;3*1-2/h12-13,15-18H,6-11,22H2,1-5H3,(H,23,27);3*1-2H3. The Balaban J connectivity index is 0. The SMILES string of the molecule is CC.CC.CC.CC(=O)C1CCCN1C(=O)C(NC(=O)C1CCCN1C(=O)C(N)C(C)C)C(C)C. The van der Waals surface area contributed by atoms with Crippen molar-refractivity contribution < 1.29 is 19.2 Å². The third kappa shape index (κ3) is 9.90. The molecule has 3 amide bonds. The van der Waals surface area contributed by atoms with Crippen molar-refractivity contribution in [3.05, 3.63) is 0 Å². The van der Waals surface area contributed by atoms with Crippen LogP contribution < -0.4 is 11.1 Å². The molecule has 2 saturated heterocycles. The molecule has 0 aliphatic carbocycles. The van der Waals surface area contributed by atoms with Crippen molar-refractivity contribution in [2.24, 2.45) is 17.6 Å². The summed E-state index contributed by atoms with van der Waals surface area (Å²) < 4.78 is 0. The zero-order valence-electron chi connectivity index (χ0n) is 24.3. The minimum absolute atomic E-state index is 0.0181. The fourth-order valence-electron chi connectivity index (χ4n) is 4.17. The third-order valence-electron chi connectivity index (χ3n) is 6.08. The molecule has 8 heteroatoms. The van der Waals surface area contributed by atoms with Crippen molar-refractivity contribution in [3.63, 3.8) is 0 Å². The van der Waals surface area contributed by atoms with Gasteiger partial charge in [0, 0.05) is 13.1 Å². The highest BCUT2D eigenvalue weighted by molar-refractivity contribution is 5.95. The number of carbonyl (C=O) groups is 4. The summed E-state index contributed by atoms with van der Waals surface area (Å²) in [7, 11) is 0. The highest BCUT2D eigenvalue weighted by atomic mass is 16.2. The van der Waals surface area contributed by atoms with Gasteiger partial charge < -0.3 is 20.9 Å². The maximum Gasteiger partial charge on any atom is 0.246 e. The van der Waals surface area contributed by atoms with E-state index in [1.807, 2.05) is 69.2 Å². The molecular weight excluding hydrogens is 444 g/mol. The van der Waals surface area contributed by atoms with Crippen LogP contribution in [0, 0.1) is 11.8 Å². The largest absolute Gasteiger partial charge is 0.342 e. The van der Waals surface area contributed by atoms with E-state index in [4.69, 9.17) is 5.73 Å². The second kappa shape index (κ2) is 18.3. The van der Waals surface area contributed by atoms with Crippen LogP contribution in [0.2, 0.25) is 0 Å². The van der Waals surface area contributed by atoms with Gasteiger partial charge in [-0.05, 0) is 44.4 Å². The molecule has 3 N–H and O–H groups in total. The molecule has 0 saturated carbocycles. The summed E-state index contributed by atoms with van der Waals surface area (Å²) in [6, 6.07) is -2.39. The van der Waals surface area contributed by atoms with Crippen molar-refractivity contribution >= 4 is 23.5 Å². The Labute approximate surface area is 214 Å². The average molecular weight is 499 g/mol. The molecule has 2 rings (SSSR count). The second-order valence-electron chi connectivity index (χ2n) is 8.99. The van der Waals surface area contributed by atoms with Crippen LogP contribution in [0.4, 0.5) is 0 Å². The van der Waals surface area contributed by atoms with Gasteiger partial charge in [-0.3, -0.25) is 19.2 Å². The second-order valence-corrected chi connectivity index (χ2v) is 8.99. The van der Waals surface area contributed by atoms with Crippen molar-refractivity contribution in [3.8, 4) is 0 Å². The van der Waals surface area contributed by atoms with Crippen molar-refractivity contribution in [1.29, 1.82) is 0 Å². The van der Waals surface area contributed by atoms with Crippen LogP contribution in [-0.4, -0.2) is 70.6 Å². The van der Waals surface area contributed by atoms with Crippen molar-refractivity contribution in [2.45, 2.75) is 126 Å². The summed E-state index contributed by atoms with van der Waals surface area (Å²) in [4.78, 5) is 53.9. The molecule has 2 aliphatic rings. The summed E-state index contributed by atoms with van der Waals surface area (Å²) >= 11 is 0. The van der Waals surface area contributed by atoms with Gasteiger partial charge in [0.1, 0.15) is 12.1 Å². The molecule has 8 nitrogen and oxygen atoms in total. The Hall–Kier alpha value is -1.96. The maximum absolute atomic E-state index is 13.1. The molecule has 0 aromatic rings. The Bertz CT molecular complexity index is 651. The number of nitrogens with zero attached hydrogens (tertiary/aromatic N) is 2. The highest BCUT2D eigenvalue weighted by Gasteiger charge is 2.41. The number of hydrogen-bond donors (Lipinski definition) is 2. The summed E-state index contributed by atoms with van der Waals surface area (Å²) in [6.45, 7) is 22.0. The molecule has 206 valence electrons. The van der Waals surface area contributed by atoms with Crippen LogP contribution in [0.5, 0.6) is 0 Å². The zero-order chi connectivity index (χ0) is 27.9. The molecule has 0 spiro atoms. The first kappa shape index (κ1) is 35.2. The quantitative estimate of drug-likeness (QED) is 0.555. The molecule has 35 heavy (non-hydrogen) atoms. The Kier molecular flexibility index (Phi) is 18.4. The Morgan fingerprint density at radius 3 is 1.57 bits per heavy atom. The van der Waals surface area contributed by atoms with E-state index in [9.17, 15) is 19.2 Å². The minimum atomic E-state index is -0.723. The first-order valence-corrected chi connectivity index (χ1v) is 13.7. The van der Waals surface area contributed by atoms with Gasteiger partial charge >= 0.3 is 0 Å². The van der Waals surface area contributed by atoms with Crippen molar-refractivity contribution in [1.82, 2.24) is 15.1 Å². The number of likely N-dealkylation sites (tertiary alicyclic amines) is 2. The summed E-state index contributed by atoms with van der Waals surface area (Å²) in [6.07, 6.45) is 2.74. The van der Waals surface area contributed by atoms with Crippen LogP contribution >= 0.6 is 0 Å². The number of carbonyl (C=O) groups excluding carboxylic acids is 4. The van der Waals surface area contributed by atoms with E-state index in [1.165, 1.54) is 6.92 Å². The maximum atomic E-state index is 13.1. The number of Topliss-reactive ketones (excluding diaryl/α,β-unsaturated/α-hetero) is 1. The lowest BCUT2D eigenvalue weighted by Crippen LogP contribution is -2.58. The van der Waals surface area contributed by atoms with E-state index in [1.54, 1.807) is 9.80 Å². The van der Waals surface area contributed by atoms with Gasteiger partial charge in [-0.2, -0.15) is 0 Å². The monoisotopic (exact) mass is 498 g/mol. The van der Waals surface area contributed by atoms with Gasteiger partial charge in [-0.1, -0.05) is 69.2 Å². The van der Waals surface area contributed by atoms with Crippen LogP contribution in [0.3, 0.4) is 0 Å². The Morgan fingerprint density at radius 2 is 1.17 bits per heavy atom. The van der Waals surface area contributed by atoms with Gasteiger partial charge in [-0.15, -0.1) is 0 Å². The first-order valence-electron chi connectivity index (χ1n) is 13.7. The number of hydrogen-bond acceptors (Lipinski definition) is 5. The van der Waals surface area contributed by atoms with E-state index in [0.717, 1.165) is 12.8 Å². The predicted octanol–water partition coefficient (Wildman–Crippen LogP) is 3.76. The molecule has 0 bridgehead atoms. The number of nitrogens with two attached hydrogens (primary N) is 1. The van der Waals surface area contributed by atoms with Gasteiger partial charge in [-0.25, -0.2) is 0 Å². The normalized spacial score (nSPS) is 20.5. The molecule has 0 aromatic heterocycles. The molecule has 0 radical (unpaired) electrons. The van der Waals surface area contributed by atoms with Gasteiger partial charge in [0.05, 0.1) is 12.1 Å². The predicted molar refractivity (Wildman–Crippen MR) is 144 cm³/mol. The van der Waals surface area contributed by atoms with E-state index in [-0.39, 0.29) is 35.3 Å². The van der Waals surface area contributed by atoms with Gasteiger partial charge in [0.15, 0.2) is 5.78 Å². The molecule has 4 unspecified atom stereocenters. The number of nitrogens with one attached hydrogen (secondary N) is 1. The molecule has 2 fully saturated rings. The van der Waals surface area contributed by atoms with Crippen LogP contribution in [0.1, 0.15) is 102 Å². The first-order chi connectivity index (χ1) is 16.6. The molecule has 0 aromatic carbocycles. The lowest BCUT2D eigenvalue weighted by atomic mass is 10.0. The lowest BCUT2D eigenvalue weighted by molar-refractivity contribution is -0.144. The molecule has 4 atom stereocenters. The summed E-state index contributed by atoms with van der Waals surface area (Å²) in [5, 5.41) is 2.87.